The van der Waals surface area contributed by atoms with Gasteiger partial charge in [0, 0.05) is 0 Å². The molecule has 50 valence electrons. The van der Waals surface area contributed by atoms with Crippen molar-refractivity contribution in [1.29, 1.82) is 0 Å². The minimum absolute atomic E-state index is 0.352. The molecule has 4 heteroatoms. The Labute approximate surface area is 60.8 Å². The molecule has 2 nitrogen and oxygen atoms in total. The van der Waals surface area contributed by atoms with Gasteiger partial charge in [0.1, 0.15) is 11.3 Å². The van der Waals surface area contributed by atoms with Crippen LogP contribution in [-0.4, -0.2) is 16.2 Å². The summed E-state index contributed by atoms with van der Waals surface area (Å²) in [7, 11) is 0. The van der Waals surface area contributed by atoms with Crippen LogP contribution in [0, 0.1) is 0 Å². The number of aryl methyl sites for hydroxylation is 1. The SMILES string of the molecule is FCCn1cncc1Br. The van der Waals surface area contributed by atoms with Gasteiger partial charge in [0.25, 0.3) is 0 Å². The minimum Gasteiger partial charge on any atom is -0.323 e. The summed E-state index contributed by atoms with van der Waals surface area (Å²) in [6.07, 6.45) is 3.22. The third-order valence-corrected chi connectivity index (χ3v) is 1.65. The zero-order valence-electron chi connectivity index (χ0n) is 4.72. The average Bonchev–Trinajstić information content (AvgIpc) is 2.18. The molecule has 0 atom stereocenters. The first-order valence-corrected chi connectivity index (χ1v) is 3.35. The molecule has 0 aliphatic rings. The molecule has 1 heterocycles. The highest BCUT2D eigenvalue weighted by Gasteiger charge is 1.94. The Morgan fingerprint density at radius 2 is 2.56 bits per heavy atom. The maximum absolute atomic E-state index is 11.7. The molecule has 1 aromatic heterocycles. The summed E-state index contributed by atoms with van der Waals surface area (Å²) in [5.41, 5.74) is 0. The highest BCUT2D eigenvalue weighted by atomic mass is 79.9. The lowest BCUT2D eigenvalue weighted by Crippen LogP contribution is -1.96. The van der Waals surface area contributed by atoms with Gasteiger partial charge in [0.2, 0.25) is 0 Å². The van der Waals surface area contributed by atoms with E-state index in [2.05, 4.69) is 20.9 Å². The number of rotatable bonds is 2. The molecule has 9 heavy (non-hydrogen) atoms. The van der Waals surface area contributed by atoms with E-state index in [-0.39, 0.29) is 6.67 Å². The number of hydrogen-bond acceptors (Lipinski definition) is 1. The molecule has 0 spiro atoms. The van der Waals surface area contributed by atoms with Crippen LogP contribution in [0.3, 0.4) is 0 Å². The Bertz CT molecular complexity index is 187. The van der Waals surface area contributed by atoms with Crippen LogP contribution in [0.25, 0.3) is 0 Å². The van der Waals surface area contributed by atoms with E-state index in [1.54, 1.807) is 17.1 Å². The van der Waals surface area contributed by atoms with E-state index in [4.69, 9.17) is 0 Å². The molecule has 0 aliphatic heterocycles. The number of halogens is 2. The van der Waals surface area contributed by atoms with Crippen molar-refractivity contribution in [3.8, 4) is 0 Å². The third-order valence-electron chi connectivity index (χ3n) is 0.987. The van der Waals surface area contributed by atoms with E-state index in [1.165, 1.54) is 0 Å². The van der Waals surface area contributed by atoms with Crippen LogP contribution < -0.4 is 0 Å². The smallest absolute Gasteiger partial charge is 0.107 e. The van der Waals surface area contributed by atoms with Gasteiger partial charge in [-0.3, -0.25) is 0 Å². The van der Waals surface area contributed by atoms with Crippen molar-refractivity contribution in [1.82, 2.24) is 9.55 Å². The average molecular weight is 193 g/mol. The fourth-order valence-corrected chi connectivity index (χ4v) is 0.947. The van der Waals surface area contributed by atoms with Crippen molar-refractivity contribution in [2.24, 2.45) is 0 Å². The molecular weight excluding hydrogens is 187 g/mol. The molecule has 0 N–H and O–H groups in total. The standard InChI is InChI=1S/C5H6BrFN2/c6-5-3-8-4-9(5)2-1-7/h3-4H,1-2H2. The topological polar surface area (TPSA) is 17.8 Å². The van der Waals surface area contributed by atoms with Crippen LogP contribution >= 0.6 is 15.9 Å². The number of imidazole rings is 1. The molecule has 0 saturated carbocycles. The van der Waals surface area contributed by atoms with E-state index in [1.807, 2.05) is 0 Å². The van der Waals surface area contributed by atoms with Crippen molar-refractivity contribution in [2.45, 2.75) is 6.54 Å². The highest BCUT2D eigenvalue weighted by Crippen LogP contribution is 2.06. The molecule has 0 fully saturated rings. The van der Waals surface area contributed by atoms with Gasteiger partial charge in [0.05, 0.1) is 19.1 Å². The zero-order chi connectivity index (χ0) is 6.69. The number of nitrogens with zero attached hydrogens (tertiary/aromatic N) is 2. The van der Waals surface area contributed by atoms with Crippen LogP contribution in [0.2, 0.25) is 0 Å². The van der Waals surface area contributed by atoms with Crippen molar-refractivity contribution < 1.29 is 4.39 Å². The normalized spacial score (nSPS) is 10.0. The largest absolute Gasteiger partial charge is 0.323 e. The summed E-state index contributed by atoms with van der Waals surface area (Å²) >= 11 is 3.20. The van der Waals surface area contributed by atoms with Gasteiger partial charge >= 0.3 is 0 Å². The summed E-state index contributed by atoms with van der Waals surface area (Å²) in [6.45, 7) is 0.0234. The van der Waals surface area contributed by atoms with E-state index in [0.717, 1.165) is 4.60 Å². The monoisotopic (exact) mass is 192 g/mol. The molecule has 0 aliphatic carbocycles. The number of aromatic nitrogens is 2. The predicted octanol–water partition coefficient (Wildman–Crippen LogP) is 1.62. The zero-order valence-corrected chi connectivity index (χ0v) is 6.31. The van der Waals surface area contributed by atoms with Crippen molar-refractivity contribution in [2.75, 3.05) is 6.67 Å². The second kappa shape index (κ2) is 2.96. The molecular formula is C5H6BrFN2. The number of alkyl halides is 1. The molecule has 0 saturated heterocycles. The molecule has 0 bridgehead atoms. The van der Waals surface area contributed by atoms with Gasteiger partial charge < -0.3 is 4.57 Å². The van der Waals surface area contributed by atoms with E-state index < -0.39 is 0 Å². The first-order chi connectivity index (χ1) is 4.34. The maximum Gasteiger partial charge on any atom is 0.107 e. The van der Waals surface area contributed by atoms with E-state index in [9.17, 15) is 4.39 Å². The molecule has 0 aromatic carbocycles. The highest BCUT2D eigenvalue weighted by molar-refractivity contribution is 9.10. The molecule has 1 aromatic rings. The van der Waals surface area contributed by atoms with Crippen LogP contribution in [0.15, 0.2) is 17.1 Å². The van der Waals surface area contributed by atoms with E-state index in [0.29, 0.717) is 6.54 Å². The van der Waals surface area contributed by atoms with Crippen molar-refractivity contribution in [3.63, 3.8) is 0 Å². The molecule has 1 rings (SSSR count). The summed E-state index contributed by atoms with van der Waals surface area (Å²) in [4.78, 5) is 3.79. The van der Waals surface area contributed by atoms with Gasteiger partial charge in [-0.05, 0) is 15.9 Å². The lowest BCUT2D eigenvalue weighted by Gasteiger charge is -1.96. The van der Waals surface area contributed by atoms with Crippen LogP contribution in [0.4, 0.5) is 4.39 Å². The Morgan fingerprint density at radius 3 is 3.00 bits per heavy atom. The van der Waals surface area contributed by atoms with Crippen LogP contribution in [0.5, 0.6) is 0 Å². The molecule has 0 radical (unpaired) electrons. The van der Waals surface area contributed by atoms with Crippen LogP contribution in [-0.2, 0) is 6.54 Å². The maximum atomic E-state index is 11.7. The third kappa shape index (κ3) is 1.51. The second-order valence-electron chi connectivity index (χ2n) is 1.60. The van der Waals surface area contributed by atoms with Crippen molar-refractivity contribution >= 4 is 15.9 Å². The van der Waals surface area contributed by atoms with Crippen molar-refractivity contribution in [3.05, 3.63) is 17.1 Å². The lowest BCUT2D eigenvalue weighted by molar-refractivity contribution is 0.443. The summed E-state index contributed by atoms with van der Waals surface area (Å²) in [6, 6.07) is 0. The fraction of sp³-hybridized carbons (Fsp3) is 0.400. The van der Waals surface area contributed by atoms with Gasteiger partial charge in [-0.15, -0.1) is 0 Å². The van der Waals surface area contributed by atoms with E-state index >= 15 is 0 Å². The number of hydrogen-bond donors (Lipinski definition) is 0. The quantitative estimate of drug-likeness (QED) is 0.697. The van der Waals surface area contributed by atoms with Gasteiger partial charge in [-0.1, -0.05) is 0 Å². The first kappa shape index (κ1) is 6.74. The Morgan fingerprint density at radius 1 is 1.78 bits per heavy atom. The Kier molecular flexibility index (Phi) is 2.22. The Balaban J connectivity index is 2.69. The van der Waals surface area contributed by atoms with Gasteiger partial charge in [-0.25, -0.2) is 9.37 Å². The summed E-state index contributed by atoms with van der Waals surface area (Å²) in [5.74, 6) is 0. The summed E-state index contributed by atoms with van der Waals surface area (Å²) in [5, 5.41) is 0. The predicted molar refractivity (Wildman–Crippen MR) is 35.9 cm³/mol. The molecule has 0 unspecified atom stereocenters. The molecule has 0 amide bonds. The van der Waals surface area contributed by atoms with Gasteiger partial charge in [0.15, 0.2) is 0 Å². The van der Waals surface area contributed by atoms with Gasteiger partial charge in [-0.2, -0.15) is 0 Å². The van der Waals surface area contributed by atoms with Crippen LogP contribution in [0.1, 0.15) is 0 Å². The minimum atomic E-state index is -0.352. The lowest BCUT2D eigenvalue weighted by atomic mass is 10.7. The fourth-order valence-electron chi connectivity index (χ4n) is 0.560. The Hall–Kier alpha value is -0.380. The summed E-state index contributed by atoms with van der Waals surface area (Å²) < 4.78 is 14.2. The first-order valence-electron chi connectivity index (χ1n) is 2.56. The second-order valence-corrected chi connectivity index (χ2v) is 2.41.